The summed E-state index contributed by atoms with van der Waals surface area (Å²) in [4.78, 5) is 0. The van der Waals surface area contributed by atoms with Gasteiger partial charge in [0.15, 0.2) is 0 Å². The lowest BCUT2D eigenvalue weighted by atomic mass is 9.76. The summed E-state index contributed by atoms with van der Waals surface area (Å²) in [5.74, 6) is -0.297. The lowest BCUT2D eigenvalue weighted by molar-refractivity contribution is -0.274. The van der Waals surface area contributed by atoms with Gasteiger partial charge in [0.1, 0.15) is 5.75 Å². The largest absolute Gasteiger partial charge is 0.573 e. The molecule has 1 heterocycles. The van der Waals surface area contributed by atoms with Crippen LogP contribution in [0.2, 0.25) is 0 Å². The van der Waals surface area contributed by atoms with Crippen LogP contribution in [0.4, 0.5) is 13.2 Å². The summed E-state index contributed by atoms with van der Waals surface area (Å²) in [7, 11) is 0.799. The minimum atomic E-state index is -4.74. The second-order valence-electron chi connectivity index (χ2n) is 6.50. The van der Waals surface area contributed by atoms with Gasteiger partial charge in [0, 0.05) is 7.11 Å². The van der Waals surface area contributed by atoms with Gasteiger partial charge in [-0.25, -0.2) is 0 Å². The average Bonchev–Trinajstić information content (AvgIpc) is 2.68. The van der Waals surface area contributed by atoms with E-state index >= 15 is 0 Å². The normalized spacial score (nSPS) is 23.6. The highest BCUT2D eigenvalue weighted by Gasteiger charge is 2.53. The monoisotopic (exact) mass is 346 g/mol. The van der Waals surface area contributed by atoms with Crippen molar-refractivity contribution in [3.05, 3.63) is 23.8 Å². The summed E-state index contributed by atoms with van der Waals surface area (Å²) >= 11 is 0. The molecular formula is C16H22BF3O4. The predicted molar refractivity (Wildman–Crippen MR) is 84.2 cm³/mol. The van der Waals surface area contributed by atoms with Crippen molar-refractivity contribution in [1.29, 1.82) is 0 Å². The molecule has 0 bridgehead atoms. The molecule has 1 aliphatic heterocycles. The zero-order chi connectivity index (χ0) is 18.2. The third-order valence-corrected chi connectivity index (χ3v) is 4.62. The molecule has 1 atom stereocenters. The first-order chi connectivity index (χ1) is 11.0. The zero-order valence-corrected chi connectivity index (χ0v) is 14.5. The first-order valence-corrected chi connectivity index (χ1v) is 7.74. The number of hydrogen-bond acceptors (Lipinski definition) is 4. The molecule has 0 aromatic heterocycles. The molecule has 1 fully saturated rings. The fourth-order valence-corrected chi connectivity index (χ4v) is 2.72. The van der Waals surface area contributed by atoms with Crippen LogP contribution in [0.5, 0.6) is 5.75 Å². The molecule has 0 saturated carbocycles. The lowest BCUT2D eigenvalue weighted by Crippen LogP contribution is -2.44. The fourth-order valence-electron chi connectivity index (χ4n) is 2.72. The van der Waals surface area contributed by atoms with Crippen molar-refractivity contribution in [2.45, 2.75) is 58.3 Å². The number of ether oxygens (including phenoxy) is 2. The molecule has 4 nitrogen and oxygen atoms in total. The molecular weight excluding hydrogens is 324 g/mol. The molecule has 1 aromatic carbocycles. The predicted octanol–water partition coefficient (Wildman–Crippen LogP) is 3.42. The topological polar surface area (TPSA) is 36.9 Å². The van der Waals surface area contributed by atoms with Crippen LogP contribution in [0.15, 0.2) is 18.2 Å². The van der Waals surface area contributed by atoms with E-state index in [4.69, 9.17) is 14.0 Å². The van der Waals surface area contributed by atoms with Gasteiger partial charge in [-0.15, -0.1) is 13.2 Å². The van der Waals surface area contributed by atoms with Gasteiger partial charge < -0.3 is 18.8 Å². The van der Waals surface area contributed by atoms with Crippen molar-refractivity contribution in [2.75, 3.05) is 7.11 Å². The number of benzene rings is 1. The third kappa shape index (κ3) is 3.87. The van der Waals surface area contributed by atoms with Crippen molar-refractivity contribution in [3.8, 4) is 5.75 Å². The Morgan fingerprint density at radius 3 is 2.33 bits per heavy atom. The molecule has 0 amide bonds. The number of alkyl halides is 3. The third-order valence-electron chi connectivity index (χ3n) is 4.62. The van der Waals surface area contributed by atoms with Gasteiger partial charge in [0.2, 0.25) is 0 Å². The second kappa shape index (κ2) is 6.57. The Bertz CT molecular complexity index is 591. The van der Waals surface area contributed by atoms with Crippen molar-refractivity contribution >= 4 is 12.6 Å². The van der Waals surface area contributed by atoms with Crippen LogP contribution in [0.25, 0.3) is 0 Å². The summed E-state index contributed by atoms with van der Waals surface area (Å²) in [6.45, 7) is 7.96. The Morgan fingerprint density at radius 1 is 1.17 bits per heavy atom. The number of rotatable bonds is 5. The van der Waals surface area contributed by atoms with Crippen LogP contribution in [-0.2, 0) is 20.7 Å². The molecule has 134 valence electrons. The van der Waals surface area contributed by atoms with Gasteiger partial charge in [0.05, 0.1) is 17.8 Å². The molecule has 2 rings (SSSR count). The Kier molecular flexibility index (Phi) is 5.23. The van der Waals surface area contributed by atoms with E-state index in [0.717, 1.165) is 6.42 Å². The van der Waals surface area contributed by atoms with Crippen molar-refractivity contribution in [3.63, 3.8) is 0 Å². The highest BCUT2D eigenvalue weighted by Crippen LogP contribution is 2.39. The first-order valence-electron chi connectivity index (χ1n) is 7.74. The molecule has 8 heteroatoms. The van der Waals surface area contributed by atoms with Crippen LogP contribution in [0.1, 0.15) is 39.7 Å². The van der Waals surface area contributed by atoms with E-state index in [1.165, 1.54) is 25.3 Å². The van der Waals surface area contributed by atoms with Crippen LogP contribution in [0, 0.1) is 0 Å². The van der Waals surface area contributed by atoms with E-state index in [1.54, 1.807) is 0 Å². The lowest BCUT2D eigenvalue weighted by Gasteiger charge is -2.35. The summed E-state index contributed by atoms with van der Waals surface area (Å²) in [6, 6.07) is 4.08. The molecule has 1 unspecified atom stereocenters. The Balaban J connectivity index is 2.33. The summed E-state index contributed by atoms with van der Waals surface area (Å²) < 4.78 is 58.4. The molecule has 1 saturated heterocycles. The fraction of sp³-hybridized carbons (Fsp3) is 0.625. The van der Waals surface area contributed by atoms with E-state index < -0.39 is 24.7 Å². The van der Waals surface area contributed by atoms with Gasteiger partial charge in [-0.3, -0.25) is 0 Å². The molecule has 0 spiro atoms. The van der Waals surface area contributed by atoms with Gasteiger partial charge in [-0.2, -0.15) is 0 Å². The Hall–Kier alpha value is -1.25. The van der Waals surface area contributed by atoms with Crippen molar-refractivity contribution in [1.82, 2.24) is 0 Å². The van der Waals surface area contributed by atoms with Crippen LogP contribution < -0.4 is 10.2 Å². The SMILES string of the molecule is CCC1(C)OB(c2ccc(OC(F)(F)F)cc2COC)OC1(C)C. The van der Waals surface area contributed by atoms with Crippen LogP contribution >= 0.6 is 0 Å². The maximum absolute atomic E-state index is 12.4. The van der Waals surface area contributed by atoms with E-state index in [2.05, 4.69) is 4.74 Å². The maximum atomic E-state index is 12.4. The standard InChI is InChI=1S/C16H22BF3O4/c1-6-15(4)14(2,3)23-17(24-15)13-8-7-12(22-16(18,19)20)9-11(13)10-21-5/h7-9H,6,10H2,1-5H3. The summed E-state index contributed by atoms with van der Waals surface area (Å²) in [5, 5.41) is 0. The van der Waals surface area contributed by atoms with E-state index in [1.807, 2.05) is 27.7 Å². The first kappa shape index (κ1) is 19.1. The van der Waals surface area contributed by atoms with Crippen molar-refractivity contribution < 1.29 is 32.0 Å². The minimum absolute atomic E-state index is 0.122. The van der Waals surface area contributed by atoms with Crippen LogP contribution in [0.3, 0.4) is 0 Å². The molecule has 0 radical (unpaired) electrons. The summed E-state index contributed by atoms with van der Waals surface area (Å²) in [6.07, 6.45) is -4.00. The quantitative estimate of drug-likeness (QED) is 0.766. The van der Waals surface area contributed by atoms with Gasteiger partial charge in [-0.05, 0) is 50.4 Å². The molecule has 24 heavy (non-hydrogen) atoms. The van der Waals surface area contributed by atoms with Gasteiger partial charge in [0.25, 0.3) is 0 Å². The smallest absolute Gasteiger partial charge is 0.406 e. The second-order valence-corrected chi connectivity index (χ2v) is 6.50. The molecule has 1 aromatic rings. The molecule has 0 aliphatic carbocycles. The maximum Gasteiger partial charge on any atom is 0.573 e. The van der Waals surface area contributed by atoms with E-state index in [9.17, 15) is 13.2 Å². The summed E-state index contributed by atoms with van der Waals surface area (Å²) in [5.41, 5.74) is 0.137. The van der Waals surface area contributed by atoms with E-state index in [-0.39, 0.29) is 12.4 Å². The zero-order valence-electron chi connectivity index (χ0n) is 14.5. The molecule has 0 N–H and O–H groups in total. The highest BCUT2D eigenvalue weighted by atomic mass is 19.4. The van der Waals surface area contributed by atoms with Crippen molar-refractivity contribution in [2.24, 2.45) is 0 Å². The minimum Gasteiger partial charge on any atom is -0.406 e. The average molecular weight is 346 g/mol. The number of hydrogen-bond donors (Lipinski definition) is 0. The number of halogens is 3. The van der Waals surface area contributed by atoms with Crippen LogP contribution in [-0.4, -0.2) is 31.8 Å². The van der Waals surface area contributed by atoms with E-state index in [0.29, 0.717) is 11.0 Å². The molecule has 1 aliphatic rings. The van der Waals surface area contributed by atoms with Gasteiger partial charge in [-0.1, -0.05) is 13.0 Å². The Labute approximate surface area is 140 Å². The highest BCUT2D eigenvalue weighted by molar-refractivity contribution is 6.62. The number of methoxy groups -OCH3 is 1. The van der Waals surface area contributed by atoms with Gasteiger partial charge >= 0.3 is 13.5 Å². The Morgan fingerprint density at radius 2 is 1.83 bits per heavy atom.